The van der Waals surface area contributed by atoms with E-state index in [1.807, 2.05) is 0 Å². The summed E-state index contributed by atoms with van der Waals surface area (Å²) in [5.41, 5.74) is 0. The van der Waals surface area contributed by atoms with Crippen LogP contribution in [0.15, 0.2) is 0 Å². The van der Waals surface area contributed by atoms with Gasteiger partial charge in [0.2, 0.25) is 0 Å². The predicted octanol–water partition coefficient (Wildman–Crippen LogP) is -5.48. The summed E-state index contributed by atoms with van der Waals surface area (Å²) in [5.74, 6) is 9.43. The molecule has 2 aliphatic rings. The van der Waals surface area contributed by atoms with Gasteiger partial charge in [-0.25, -0.2) is 16.4 Å². The Labute approximate surface area is 163 Å². The number of rotatable bonds is 8. The highest BCUT2D eigenvalue weighted by molar-refractivity contribution is 7.48. The average Bonchev–Trinajstić information content (AvgIpc) is 2.73. The molecule has 29 heavy (non-hydrogen) atoms. The lowest BCUT2D eigenvalue weighted by Gasteiger charge is -2.44. The molecule has 2 rings (SSSR count). The predicted molar refractivity (Wildman–Crippen MR) is 85.6 cm³/mol. The van der Waals surface area contributed by atoms with Gasteiger partial charge in [0.1, 0.15) is 48.8 Å². The van der Waals surface area contributed by atoms with Gasteiger partial charge in [-0.3, -0.25) is 4.52 Å². The fourth-order valence-electron chi connectivity index (χ4n) is 2.73. The van der Waals surface area contributed by atoms with E-state index in [-0.39, 0.29) is 0 Å². The van der Waals surface area contributed by atoms with Crippen molar-refractivity contribution >= 4 is 7.82 Å². The molecule has 172 valence electrons. The van der Waals surface area contributed by atoms with Crippen LogP contribution >= 0.6 is 7.82 Å². The highest BCUT2D eigenvalue weighted by Crippen LogP contribution is 2.46. The Balaban J connectivity index is 2.08. The van der Waals surface area contributed by atoms with Crippen molar-refractivity contribution in [3.8, 4) is 0 Å². The minimum Gasteiger partial charge on any atom is -0.394 e. The van der Waals surface area contributed by atoms with Crippen molar-refractivity contribution in [2.45, 2.75) is 61.4 Å². The molecule has 10 atom stereocenters. The second-order valence-electron chi connectivity index (χ2n) is 6.30. The summed E-state index contributed by atoms with van der Waals surface area (Å²) in [6.45, 7) is -1.49. The maximum Gasteiger partial charge on any atom is 0.507 e. The topological polar surface area (TPSA) is 266 Å². The third-order valence-electron chi connectivity index (χ3n) is 4.44. The summed E-state index contributed by atoms with van der Waals surface area (Å²) in [4.78, 5) is 0. The van der Waals surface area contributed by atoms with Crippen LogP contribution in [0.4, 0.5) is 0 Å². The summed E-state index contributed by atoms with van der Waals surface area (Å²) in [5, 5.41) is 68.7. The Kier molecular flexibility index (Phi) is 8.84. The second-order valence-corrected chi connectivity index (χ2v) is 7.88. The van der Waals surface area contributed by atoms with E-state index in [9.17, 15) is 40.3 Å². The van der Waals surface area contributed by atoms with Crippen LogP contribution in [0.3, 0.4) is 0 Å². The lowest BCUT2D eigenvalue weighted by Crippen LogP contribution is -2.63. The highest BCUT2D eigenvalue weighted by atomic mass is 31.2. The molecule has 2 saturated heterocycles. The van der Waals surface area contributed by atoms with E-state index in [0.29, 0.717) is 0 Å². The Bertz CT molecular complexity index is 563. The molecule has 0 amide bonds. The van der Waals surface area contributed by atoms with Gasteiger partial charge in [0.25, 0.3) is 0 Å². The van der Waals surface area contributed by atoms with Crippen molar-refractivity contribution in [3.05, 3.63) is 0 Å². The molecule has 2 fully saturated rings. The van der Waals surface area contributed by atoms with E-state index in [1.165, 1.54) is 0 Å². The number of hydrogen-bond donors (Lipinski definition) is 9. The van der Waals surface area contributed by atoms with Crippen molar-refractivity contribution in [1.82, 2.24) is 0 Å². The molecule has 0 spiro atoms. The van der Waals surface area contributed by atoms with Gasteiger partial charge >= 0.3 is 7.82 Å². The van der Waals surface area contributed by atoms with Crippen LogP contribution in [-0.4, -0.2) is 110 Å². The van der Waals surface area contributed by atoms with Gasteiger partial charge < -0.3 is 50.0 Å². The zero-order valence-electron chi connectivity index (χ0n) is 14.8. The van der Waals surface area contributed by atoms with Crippen LogP contribution in [0.2, 0.25) is 0 Å². The Hall–Kier alpha value is -0.370. The average molecular weight is 452 g/mol. The molecule has 0 aromatic carbocycles. The van der Waals surface area contributed by atoms with Gasteiger partial charge in [0, 0.05) is 0 Å². The smallest absolute Gasteiger partial charge is 0.394 e. The van der Waals surface area contributed by atoms with Crippen molar-refractivity contribution < 1.29 is 68.3 Å². The molecule has 0 aliphatic carbocycles. The summed E-state index contributed by atoms with van der Waals surface area (Å²) < 4.78 is 39.8. The van der Waals surface area contributed by atoms with Gasteiger partial charge in [0.15, 0.2) is 12.6 Å². The lowest BCUT2D eigenvalue weighted by molar-refractivity contribution is -0.376. The molecule has 0 aromatic rings. The summed E-state index contributed by atoms with van der Waals surface area (Å²) in [6.07, 6.45) is -17.0. The molecule has 0 aromatic heterocycles. The fraction of sp³-hybridized carbons (Fsp3) is 1.00. The molecule has 0 saturated carbocycles. The standard InChI is InChI=1S/C12H25N2O14P/c13-27-29(22,28-14)23-2-4-6(17)8(19)10(21)12(25-4)26-11-9(20)7(18)5(16)3(1-15)24-11/h3-12,15-21H,1-2,13-14H2/t3-,4?,5-,6-,7?,8?,9?,10+,11-,12-/m1/s1. The first-order chi connectivity index (χ1) is 13.6. The van der Waals surface area contributed by atoms with Crippen molar-refractivity contribution in [2.24, 2.45) is 11.8 Å². The van der Waals surface area contributed by atoms with Crippen molar-refractivity contribution in [3.63, 3.8) is 0 Å². The monoisotopic (exact) mass is 452 g/mol. The number of aliphatic hydroxyl groups excluding tert-OH is 7. The van der Waals surface area contributed by atoms with Gasteiger partial charge in [-0.1, -0.05) is 0 Å². The molecular weight excluding hydrogens is 427 g/mol. The first kappa shape index (κ1) is 24.9. The van der Waals surface area contributed by atoms with Crippen LogP contribution < -0.4 is 11.8 Å². The minimum absolute atomic E-state index is 0.732. The SMILES string of the molecule is NOP(=O)(ON)OCC1O[C@H](O[C@H]2O[C@H](CO)[C@@H](O)C(O)C2O)[C@@H](O)C(O)[C@@H]1O. The quantitative estimate of drug-likeness (QED) is 0.123. The van der Waals surface area contributed by atoms with E-state index < -0.39 is 82.4 Å². The third kappa shape index (κ3) is 5.46. The molecule has 2 heterocycles. The Morgan fingerprint density at radius 3 is 1.66 bits per heavy atom. The molecular formula is C12H25N2O14P. The Morgan fingerprint density at radius 2 is 1.21 bits per heavy atom. The van der Waals surface area contributed by atoms with Crippen LogP contribution in [0.25, 0.3) is 0 Å². The Morgan fingerprint density at radius 1 is 0.759 bits per heavy atom. The zero-order chi connectivity index (χ0) is 21.9. The van der Waals surface area contributed by atoms with Crippen LogP contribution in [0.5, 0.6) is 0 Å². The number of ether oxygens (including phenoxy) is 3. The molecule has 4 unspecified atom stereocenters. The van der Waals surface area contributed by atoms with Gasteiger partial charge in [-0.15, -0.1) is 0 Å². The zero-order valence-corrected chi connectivity index (χ0v) is 15.7. The number of nitrogens with two attached hydrogens (primary N) is 2. The maximum absolute atomic E-state index is 11.7. The lowest BCUT2D eigenvalue weighted by atomic mass is 9.98. The van der Waals surface area contributed by atoms with Crippen LogP contribution in [-0.2, 0) is 32.5 Å². The first-order valence-electron chi connectivity index (χ1n) is 8.25. The molecule has 11 N–H and O–H groups in total. The number of aliphatic hydroxyl groups is 7. The van der Waals surface area contributed by atoms with Gasteiger partial charge in [-0.2, -0.15) is 9.25 Å². The van der Waals surface area contributed by atoms with E-state index in [1.54, 1.807) is 0 Å². The minimum atomic E-state index is -4.38. The normalized spacial score (nSPS) is 44.0. The van der Waals surface area contributed by atoms with Gasteiger partial charge in [-0.05, 0) is 0 Å². The van der Waals surface area contributed by atoms with E-state index in [0.717, 1.165) is 0 Å². The molecule has 0 radical (unpaired) electrons. The summed E-state index contributed by atoms with van der Waals surface area (Å²) in [7, 11) is -4.38. The van der Waals surface area contributed by atoms with Gasteiger partial charge in [0.05, 0.1) is 13.2 Å². The number of hydrogen-bond acceptors (Lipinski definition) is 16. The van der Waals surface area contributed by atoms with Crippen molar-refractivity contribution in [1.29, 1.82) is 0 Å². The van der Waals surface area contributed by atoms with Crippen LogP contribution in [0.1, 0.15) is 0 Å². The first-order valence-corrected chi connectivity index (χ1v) is 9.71. The van der Waals surface area contributed by atoms with E-state index >= 15 is 0 Å². The largest absolute Gasteiger partial charge is 0.507 e. The summed E-state index contributed by atoms with van der Waals surface area (Å²) >= 11 is 0. The highest BCUT2D eigenvalue weighted by Gasteiger charge is 2.50. The molecule has 0 bridgehead atoms. The number of phosphoric acid groups is 1. The summed E-state index contributed by atoms with van der Waals surface area (Å²) in [6, 6.07) is 0. The molecule has 2 aliphatic heterocycles. The van der Waals surface area contributed by atoms with Crippen molar-refractivity contribution in [2.75, 3.05) is 13.2 Å². The van der Waals surface area contributed by atoms with E-state index in [2.05, 4.69) is 13.8 Å². The molecule has 17 heteroatoms. The van der Waals surface area contributed by atoms with Crippen LogP contribution in [0, 0.1) is 0 Å². The maximum atomic E-state index is 11.7. The van der Waals surface area contributed by atoms with E-state index in [4.69, 9.17) is 26.0 Å². The third-order valence-corrected chi connectivity index (χ3v) is 5.42. The fourth-order valence-corrected chi connectivity index (χ4v) is 3.23. The second kappa shape index (κ2) is 10.3. The molecule has 16 nitrogen and oxygen atoms in total.